The Morgan fingerprint density at radius 1 is 0.951 bits per heavy atom. The van der Waals surface area contributed by atoms with Gasteiger partial charge in [0.1, 0.15) is 24.2 Å². The molecule has 1 atom stereocenters. The number of pyridine rings is 1. The van der Waals surface area contributed by atoms with E-state index in [1.165, 1.54) is 5.56 Å². The van der Waals surface area contributed by atoms with Gasteiger partial charge in [-0.2, -0.15) is 0 Å². The molecule has 218 valence electrons. The highest BCUT2D eigenvalue weighted by Gasteiger charge is 2.21. The van der Waals surface area contributed by atoms with E-state index in [0.29, 0.717) is 32.5 Å². The molecule has 1 amide bonds. The molecule has 2 aromatic carbocycles. The van der Waals surface area contributed by atoms with E-state index < -0.39 is 12.0 Å². The number of anilines is 1. The highest BCUT2D eigenvalue weighted by Crippen LogP contribution is 2.20. The number of fused-ring (bicyclic) bond motifs is 1. The minimum absolute atomic E-state index is 0.243. The molecule has 0 fully saturated rings. The monoisotopic (exact) mass is 558 g/mol. The third-order valence-corrected chi connectivity index (χ3v) is 7.38. The summed E-state index contributed by atoms with van der Waals surface area (Å²) in [5.74, 6) is 0.588. The van der Waals surface area contributed by atoms with Crippen LogP contribution < -0.4 is 15.4 Å². The number of unbranched alkanes of at least 4 members (excludes halogenated alkanes) is 1. The van der Waals surface area contributed by atoms with Crippen LogP contribution in [0.3, 0.4) is 0 Å². The van der Waals surface area contributed by atoms with E-state index in [4.69, 9.17) is 9.72 Å². The highest BCUT2D eigenvalue weighted by atomic mass is 16.5. The van der Waals surface area contributed by atoms with Crippen LogP contribution in [-0.4, -0.2) is 65.7 Å². The molecule has 8 heteroatoms. The second-order valence-corrected chi connectivity index (χ2v) is 10.5. The Balaban J connectivity index is 1.26. The zero-order valence-corrected chi connectivity index (χ0v) is 23.8. The average molecular weight is 559 g/mol. The summed E-state index contributed by atoms with van der Waals surface area (Å²) in [6, 6.07) is 22.8. The number of hydrogen-bond donors (Lipinski definition) is 3. The van der Waals surface area contributed by atoms with E-state index in [2.05, 4.69) is 27.7 Å². The summed E-state index contributed by atoms with van der Waals surface area (Å²) < 4.78 is 5.91. The molecule has 0 radical (unpaired) electrons. The number of nitrogens with zero attached hydrogens (tertiary/aromatic N) is 2. The molecule has 3 N–H and O–H groups in total. The van der Waals surface area contributed by atoms with Gasteiger partial charge in [0.25, 0.3) is 0 Å². The van der Waals surface area contributed by atoms with Gasteiger partial charge in [-0.15, -0.1) is 0 Å². The van der Waals surface area contributed by atoms with Crippen LogP contribution in [0.25, 0.3) is 0 Å². The number of carboxylic acids is 1. The van der Waals surface area contributed by atoms with Crippen LogP contribution in [0.2, 0.25) is 0 Å². The van der Waals surface area contributed by atoms with Crippen molar-refractivity contribution in [2.24, 2.45) is 0 Å². The Morgan fingerprint density at radius 2 is 1.73 bits per heavy atom. The summed E-state index contributed by atoms with van der Waals surface area (Å²) in [6.45, 7) is 3.52. The van der Waals surface area contributed by atoms with E-state index in [9.17, 15) is 14.7 Å². The molecule has 4 rings (SSSR count). The van der Waals surface area contributed by atoms with Crippen LogP contribution in [0, 0.1) is 0 Å². The van der Waals surface area contributed by atoms with Gasteiger partial charge in [0.05, 0.1) is 0 Å². The maximum Gasteiger partial charge on any atom is 0.326 e. The zero-order valence-electron chi connectivity index (χ0n) is 23.8. The van der Waals surface area contributed by atoms with Gasteiger partial charge < -0.3 is 20.5 Å². The first-order valence-electron chi connectivity index (χ1n) is 14.8. The minimum Gasteiger partial charge on any atom is -0.492 e. The maximum atomic E-state index is 12.5. The molecule has 1 aromatic heterocycles. The van der Waals surface area contributed by atoms with Crippen molar-refractivity contribution in [1.82, 2.24) is 15.2 Å². The highest BCUT2D eigenvalue weighted by molar-refractivity contribution is 5.83. The number of amides is 1. The lowest BCUT2D eigenvalue weighted by Gasteiger charge is -2.24. The van der Waals surface area contributed by atoms with Gasteiger partial charge >= 0.3 is 5.97 Å². The van der Waals surface area contributed by atoms with Gasteiger partial charge in [0.15, 0.2) is 0 Å². The SMILES string of the molecule is O=C(CCc1ccccc1)N[C@@H](CCN(CCCCc1ccc2c(n1)NCCC2)CCOc1ccccc1)C(=O)O. The lowest BCUT2D eigenvalue weighted by molar-refractivity contribution is -0.142. The molecule has 41 heavy (non-hydrogen) atoms. The van der Waals surface area contributed by atoms with Crippen molar-refractivity contribution in [3.05, 3.63) is 89.6 Å². The van der Waals surface area contributed by atoms with E-state index in [0.717, 1.165) is 68.0 Å². The van der Waals surface area contributed by atoms with E-state index >= 15 is 0 Å². The smallest absolute Gasteiger partial charge is 0.326 e. The molecular formula is C33H42N4O4. The lowest BCUT2D eigenvalue weighted by atomic mass is 10.1. The molecule has 0 aliphatic carbocycles. The van der Waals surface area contributed by atoms with Crippen molar-refractivity contribution < 1.29 is 19.4 Å². The van der Waals surface area contributed by atoms with Crippen LogP contribution >= 0.6 is 0 Å². The fourth-order valence-electron chi connectivity index (χ4n) is 5.03. The normalized spacial score (nSPS) is 13.2. The summed E-state index contributed by atoms with van der Waals surface area (Å²) in [5.41, 5.74) is 3.45. The number of aryl methyl sites for hydroxylation is 3. The summed E-state index contributed by atoms with van der Waals surface area (Å²) in [5, 5.41) is 15.9. The Bertz CT molecular complexity index is 1220. The third-order valence-electron chi connectivity index (χ3n) is 7.38. The standard InChI is InChI=1S/C33H42N4O4/c38-31(19-16-26-10-3-1-4-11-26)36-30(33(39)40)20-23-37(24-25-41-29-14-5-2-6-15-29)22-8-7-13-28-18-17-27-12-9-21-34-32(27)35-28/h1-6,10-11,14-15,17-18,30H,7-9,12-13,16,19-25H2,(H,34,35)(H,36,38)(H,39,40)/t30-/m0/s1. The van der Waals surface area contributed by atoms with Gasteiger partial charge in [-0.25, -0.2) is 9.78 Å². The van der Waals surface area contributed by atoms with E-state index in [1.807, 2.05) is 60.7 Å². The fourth-order valence-corrected chi connectivity index (χ4v) is 5.03. The van der Waals surface area contributed by atoms with Crippen LogP contribution in [-0.2, 0) is 28.9 Å². The van der Waals surface area contributed by atoms with Crippen molar-refractivity contribution in [2.75, 3.05) is 38.1 Å². The fraction of sp³-hybridized carbons (Fsp3) is 0.424. The van der Waals surface area contributed by atoms with Crippen molar-refractivity contribution in [3.8, 4) is 5.75 Å². The molecule has 8 nitrogen and oxygen atoms in total. The zero-order chi connectivity index (χ0) is 28.7. The predicted octanol–water partition coefficient (Wildman–Crippen LogP) is 4.74. The van der Waals surface area contributed by atoms with Crippen molar-refractivity contribution in [3.63, 3.8) is 0 Å². The summed E-state index contributed by atoms with van der Waals surface area (Å²) in [7, 11) is 0. The summed E-state index contributed by atoms with van der Waals surface area (Å²) in [4.78, 5) is 31.5. The Morgan fingerprint density at radius 3 is 2.51 bits per heavy atom. The number of nitrogens with one attached hydrogen (secondary N) is 2. The average Bonchev–Trinajstić information content (AvgIpc) is 3.00. The molecule has 0 bridgehead atoms. The van der Waals surface area contributed by atoms with Gasteiger partial charge in [0.2, 0.25) is 5.91 Å². The lowest BCUT2D eigenvalue weighted by Crippen LogP contribution is -2.43. The maximum absolute atomic E-state index is 12.5. The number of carbonyl (C=O) groups is 2. The van der Waals surface area contributed by atoms with Crippen LogP contribution in [0.4, 0.5) is 5.82 Å². The molecular weight excluding hydrogens is 516 g/mol. The minimum atomic E-state index is -1.01. The van der Waals surface area contributed by atoms with Crippen molar-refractivity contribution >= 4 is 17.7 Å². The number of ether oxygens (including phenoxy) is 1. The first-order valence-corrected chi connectivity index (χ1v) is 14.8. The van der Waals surface area contributed by atoms with E-state index in [1.54, 1.807) is 0 Å². The number of aromatic nitrogens is 1. The number of hydrogen-bond acceptors (Lipinski definition) is 6. The number of carboxylic acid groups (broad SMARTS) is 1. The molecule has 2 heterocycles. The molecule has 0 spiro atoms. The van der Waals surface area contributed by atoms with Crippen LogP contribution in [0.5, 0.6) is 5.75 Å². The second kappa shape index (κ2) is 16.4. The predicted molar refractivity (Wildman–Crippen MR) is 161 cm³/mol. The van der Waals surface area contributed by atoms with Crippen molar-refractivity contribution in [1.29, 1.82) is 0 Å². The van der Waals surface area contributed by atoms with Gasteiger partial charge in [-0.3, -0.25) is 9.69 Å². The van der Waals surface area contributed by atoms with Crippen LogP contribution in [0.1, 0.15) is 48.9 Å². The topological polar surface area (TPSA) is 104 Å². The summed E-state index contributed by atoms with van der Waals surface area (Å²) >= 11 is 0. The second-order valence-electron chi connectivity index (χ2n) is 10.5. The Kier molecular flexibility index (Phi) is 12.0. The third kappa shape index (κ3) is 10.5. The number of rotatable bonds is 17. The van der Waals surface area contributed by atoms with Gasteiger partial charge in [-0.1, -0.05) is 54.6 Å². The summed E-state index contributed by atoms with van der Waals surface area (Å²) in [6.07, 6.45) is 6.25. The Labute approximate surface area is 243 Å². The molecule has 1 aliphatic heterocycles. The molecule has 0 saturated heterocycles. The molecule has 0 unspecified atom stereocenters. The van der Waals surface area contributed by atoms with Gasteiger partial charge in [-0.05, 0) is 80.8 Å². The molecule has 0 saturated carbocycles. The number of benzene rings is 2. The first kappa shape index (κ1) is 30.1. The first-order chi connectivity index (χ1) is 20.1. The quantitative estimate of drug-likeness (QED) is 0.206. The van der Waals surface area contributed by atoms with Crippen molar-refractivity contribution in [2.45, 2.75) is 57.4 Å². The number of para-hydroxylation sites is 1. The van der Waals surface area contributed by atoms with Crippen LogP contribution in [0.15, 0.2) is 72.8 Å². The van der Waals surface area contributed by atoms with Gasteiger partial charge in [0, 0.05) is 31.7 Å². The Hall–Kier alpha value is -3.91. The number of carbonyl (C=O) groups excluding carboxylic acids is 1. The largest absolute Gasteiger partial charge is 0.492 e. The molecule has 1 aliphatic rings. The van der Waals surface area contributed by atoms with E-state index in [-0.39, 0.29) is 12.3 Å². The number of aliphatic carboxylic acids is 1. The molecule has 3 aromatic rings.